The smallest absolute Gasteiger partial charge is 0.160 e. The van der Waals surface area contributed by atoms with Crippen molar-refractivity contribution in [1.29, 1.82) is 0 Å². The van der Waals surface area contributed by atoms with E-state index in [2.05, 4.69) is 43.8 Å². The number of fused-ring (bicyclic) bond motifs is 1. The maximum atomic E-state index is 5.24. The van der Waals surface area contributed by atoms with E-state index in [9.17, 15) is 0 Å². The van der Waals surface area contributed by atoms with E-state index < -0.39 is 0 Å². The van der Waals surface area contributed by atoms with Crippen LogP contribution in [0.25, 0.3) is 11.2 Å². The lowest BCUT2D eigenvalue weighted by atomic mass is 10.2. The van der Waals surface area contributed by atoms with Crippen LogP contribution in [0.1, 0.15) is 41.0 Å². The maximum Gasteiger partial charge on any atom is 0.160 e. The van der Waals surface area contributed by atoms with Crippen molar-refractivity contribution in [2.24, 2.45) is 0 Å². The van der Waals surface area contributed by atoms with Gasteiger partial charge in [-0.2, -0.15) is 0 Å². The van der Waals surface area contributed by atoms with Gasteiger partial charge in [0, 0.05) is 29.4 Å². The van der Waals surface area contributed by atoms with Gasteiger partial charge in [0.15, 0.2) is 5.65 Å². The van der Waals surface area contributed by atoms with E-state index in [1.54, 1.807) is 7.11 Å². The normalized spacial score (nSPS) is 18.4. The van der Waals surface area contributed by atoms with E-state index in [1.807, 2.05) is 37.6 Å². The van der Waals surface area contributed by atoms with Crippen molar-refractivity contribution in [3.05, 3.63) is 77.8 Å². The molecule has 3 heterocycles. The Morgan fingerprint density at radius 3 is 2.64 bits per heavy atom. The number of aromatic nitrogens is 5. The van der Waals surface area contributed by atoms with Crippen molar-refractivity contribution in [2.75, 3.05) is 7.11 Å². The predicted octanol–water partition coefficient (Wildman–Crippen LogP) is 3.86. The number of benzene rings is 1. The fourth-order valence-electron chi connectivity index (χ4n) is 3.66. The molecule has 6 heteroatoms. The number of rotatable bonds is 5. The topological polar surface area (TPSA) is 65.7 Å². The van der Waals surface area contributed by atoms with Gasteiger partial charge in [-0.05, 0) is 49.2 Å². The largest absolute Gasteiger partial charge is 0.497 e. The fourth-order valence-corrected chi connectivity index (χ4v) is 3.66. The number of imidazole rings is 1. The molecule has 1 fully saturated rings. The van der Waals surface area contributed by atoms with Gasteiger partial charge in [-0.3, -0.25) is 0 Å². The number of hydrogen-bond donors (Lipinski definition) is 0. The standard InChI is InChI=1S/C22H21N5O/c1-14-9-10-23-21(25-14)18-11-17(18)19-7-8-20-22(26-19)27(13-24-20)12-15-3-5-16(28-2)6-4-15/h3-10,13,17-18H,11-12H2,1-2H3. The molecule has 0 aliphatic heterocycles. The molecule has 1 aliphatic rings. The molecule has 0 radical (unpaired) electrons. The van der Waals surface area contributed by atoms with Crippen molar-refractivity contribution in [3.63, 3.8) is 0 Å². The first-order chi connectivity index (χ1) is 13.7. The monoisotopic (exact) mass is 371 g/mol. The SMILES string of the molecule is COc1ccc(Cn2cnc3ccc(C4CC4c4nccc(C)n4)nc32)cc1. The second-order valence-electron chi connectivity index (χ2n) is 7.30. The molecular formula is C22H21N5O. The zero-order chi connectivity index (χ0) is 19.1. The van der Waals surface area contributed by atoms with Crippen molar-refractivity contribution in [3.8, 4) is 5.75 Å². The molecule has 6 nitrogen and oxygen atoms in total. The zero-order valence-electron chi connectivity index (χ0n) is 15.9. The molecule has 2 unspecified atom stereocenters. The van der Waals surface area contributed by atoms with Crippen LogP contribution < -0.4 is 4.74 Å². The third-order valence-electron chi connectivity index (χ3n) is 5.31. The van der Waals surface area contributed by atoms with Gasteiger partial charge in [0.25, 0.3) is 0 Å². The summed E-state index contributed by atoms with van der Waals surface area (Å²) < 4.78 is 7.33. The molecule has 4 aromatic rings. The Bertz CT molecular complexity index is 1140. The number of ether oxygens (including phenoxy) is 1. The van der Waals surface area contributed by atoms with E-state index in [-0.39, 0.29) is 0 Å². The summed E-state index contributed by atoms with van der Waals surface area (Å²) >= 11 is 0. The van der Waals surface area contributed by atoms with Gasteiger partial charge in [0.1, 0.15) is 17.1 Å². The summed E-state index contributed by atoms with van der Waals surface area (Å²) in [6.07, 6.45) is 4.75. The molecule has 1 aromatic carbocycles. The predicted molar refractivity (Wildman–Crippen MR) is 106 cm³/mol. The average molecular weight is 371 g/mol. The minimum Gasteiger partial charge on any atom is -0.497 e. The highest BCUT2D eigenvalue weighted by molar-refractivity contribution is 5.71. The lowest BCUT2D eigenvalue weighted by molar-refractivity contribution is 0.414. The molecule has 3 aromatic heterocycles. The number of aryl methyl sites for hydroxylation is 1. The van der Waals surface area contributed by atoms with Crippen molar-refractivity contribution in [2.45, 2.75) is 31.7 Å². The highest BCUT2D eigenvalue weighted by atomic mass is 16.5. The van der Waals surface area contributed by atoms with Crippen LogP contribution in [0.4, 0.5) is 0 Å². The van der Waals surface area contributed by atoms with Gasteiger partial charge in [0.05, 0.1) is 20.0 Å². The van der Waals surface area contributed by atoms with Crippen LogP contribution in [0.5, 0.6) is 5.75 Å². The quantitative estimate of drug-likeness (QED) is 0.533. The highest BCUT2D eigenvalue weighted by Crippen LogP contribution is 2.53. The Hall–Kier alpha value is -3.28. The summed E-state index contributed by atoms with van der Waals surface area (Å²) in [5.74, 6) is 2.54. The van der Waals surface area contributed by atoms with Crippen LogP contribution in [0.15, 0.2) is 55.0 Å². The Morgan fingerprint density at radius 1 is 1.00 bits per heavy atom. The highest BCUT2D eigenvalue weighted by Gasteiger charge is 2.43. The number of hydrogen-bond acceptors (Lipinski definition) is 5. The van der Waals surface area contributed by atoms with E-state index >= 15 is 0 Å². The third-order valence-corrected chi connectivity index (χ3v) is 5.31. The molecule has 0 spiro atoms. The molecule has 0 amide bonds. The summed E-state index contributed by atoms with van der Waals surface area (Å²) in [6, 6.07) is 14.2. The van der Waals surface area contributed by atoms with Gasteiger partial charge in [-0.25, -0.2) is 19.9 Å². The summed E-state index contributed by atoms with van der Waals surface area (Å²) in [6.45, 7) is 2.73. The van der Waals surface area contributed by atoms with Gasteiger partial charge in [0.2, 0.25) is 0 Å². The second-order valence-corrected chi connectivity index (χ2v) is 7.30. The van der Waals surface area contributed by atoms with Gasteiger partial charge >= 0.3 is 0 Å². The van der Waals surface area contributed by atoms with Crippen molar-refractivity contribution >= 4 is 11.2 Å². The second kappa shape index (κ2) is 6.71. The molecule has 140 valence electrons. The Morgan fingerprint density at radius 2 is 1.86 bits per heavy atom. The van der Waals surface area contributed by atoms with E-state index in [1.165, 1.54) is 5.56 Å². The summed E-state index contributed by atoms with van der Waals surface area (Å²) in [5.41, 5.74) is 5.13. The van der Waals surface area contributed by atoms with Gasteiger partial charge in [-0.1, -0.05) is 12.1 Å². The first kappa shape index (κ1) is 16.9. The van der Waals surface area contributed by atoms with Crippen LogP contribution in [0, 0.1) is 6.92 Å². The van der Waals surface area contributed by atoms with Crippen LogP contribution in [0.2, 0.25) is 0 Å². The minimum atomic E-state index is 0.364. The molecule has 28 heavy (non-hydrogen) atoms. The lowest BCUT2D eigenvalue weighted by Gasteiger charge is -2.07. The van der Waals surface area contributed by atoms with Crippen molar-refractivity contribution < 1.29 is 4.74 Å². The average Bonchev–Trinajstić information content (AvgIpc) is 3.44. The number of methoxy groups -OCH3 is 1. The molecule has 1 saturated carbocycles. The molecule has 2 atom stereocenters. The molecule has 1 aliphatic carbocycles. The van der Waals surface area contributed by atoms with E-state index in [4.69, 9.17) is 9.72 Å². The fraction of sp³-hybridized carbons (Fsp3) is 0.273. The molecule has 0 N–H and O–H groups in total. The summed E-state index contributed by atoms with van der Waals surface area (Å²) in [7, 11) is 1.68. The number of nitrogens with zero attached hydrogens (tertiary/aromatic N) is 5. The Labute approximate surface area is 163 Å². The maximum absolute atomic E-state index is 5.24. The van der Waals surface area contributed by atoms with E-state index in [0.29, 0.717) is 11.8 Å². The zero-order valence-corrected chi connectivity index (χ0v) is 15.9. The van der Waals surface area contributed by atoms with Crippen LogP contribution in [-0.4, -0.2) is 31.6 Å². The third kappa shape index (κ3) is 3.11. The van der Waals surface area contributed by atoms with Crippen LogP contribution >= 0.6 is 0 Å². The first-order valence-electron chi connectivity index (χ1n) is 9.45. The number of pyridine rings is 1. The first-order valence-corrected chi connectivity index (χ1v) is 9.45. The lowest BCUT2D eigenvalue weighted by Crippen LogP contribution is -2.01. The van der Waals surface area contributed by atoms with Crippen molar-refractivity contribution in [1.82, 2.24) is 24.5 Å². The Balaban J connectivity index is 1.41. The van der Waals surface area contributed by atoms with Gasteiger partial charge < -0.3 is 9.30 Å². The molecule has 0 bridgehead atoms. The van der Waals surface area contributed by atoms with Gasteiger partial charge in [-0.15, -0.1) is 0 Å². The Kier molecular flexibility index (Phi) is 4.04. The molecule has 5 rings (SSSR count). The molecular weight excluding hydrogens is 350 g/mol. The molecule has 0 saturated heterocycles. The summed E-state index contributed by atoms with van der Waals surface area (Å²) in [5, 5.41) is 0. The van der Waals surface area contributed by atoms with Crippen LogP contribution in [0.3, 0.4) is 0 Å². The minimum absolute atomic E-state index is 0.364. The summed E-state index contributed by atoms with van der Waals surface area (Å²) in [4.78, 5) is 18.5. The van der Waals surface area contributed by atoms with E-state index in [0.717, 1.165) is 47.1 Å². The van der Waals surface area contributed by atoms with Crippen LogP contribution in [-0.2, 0) is 6.54 Å².